The Morgan fingerprint density at radius 3 is 2.67 bits per heavy atom. The lowest BCUT2D eigenvalue weighted by molar-refractivity contribution is 0.0949. The third-order valence-corrected chi connectivity index (χ3v) is 3.41. The van der Waals surface area contributed by atoms with Gasteiger partial charge in [0, 0.05) is 18.5 Å². The molecule has 0 radical (unpaired) electrons. The molecule has 3 aromatic rings. The Morgan fingerprint density at radius 2 is 2.00 bits per heavy atom. The Morgan fingerprint density at radius 1 is 1.21 bits per heavy atom. The molecule has 4 N–H and O–H groups in total. The van der Waals surface area contributed by atoms with Crippen LogP contribution in [0.2, 0.25) is 0 Å². The van der Waals surface area contributed by atoms with Gasteiger partial charge in [0.1, 0.15) is 17.3 Å². The van der Waals surface area contributed by atoms with Crippen LogP contribution in [0.5, 0.6) is 5.75 Å². The van der Waals surface area contributed by atoms with Crippen molar-refractivity contribution in [2.24, 2.45) is 0 Å². The van der Waals surface area contributed by atoms with Crippen molar-refractivity contribution in [1.29, 1.82) is 0 Å². The predicted octanol–water partition coefficient (Wildman–Crippen LogP) is 0.469. The highest BCUT2D eigenvalue weighted by molar-refractivity contribution is 5.93. The lowest BCUT2D eigenvalue weighted by atomic mass is 10.1. The van der Waals surface area contributed by atoms with Crippen LogP contribution < -0.4 is 15.7 Å². The quantitative estimate of drug-likeness (QED) is 0.523. The second-order valence-electron chi connectivity index (χ2n) is 5.03. The molecule has 2 heterocycles. The topological polar surface area (TPSA) is 129 Å². The zero-order chi connectivity index (χ0) is 16.9. The number of aromatic amines is 3. The number of methoxy groups -OCH3 is 1. The molecule has 0 atom stereocenters. The maximum atomic E-state index is 12.1. The van der Waals surface area contributed by atoms with Crippen molar-refractivity contribution < 1.29 is 9.53 Å². The summed E-state index contributed by atoms with van der Waals surface area (Å²) in [7, 11) is 1.60. The van der Waals surface area contributed by atoms with Crippen LogP contribution >= 0.6 is 0 Å². The average Bonchev–Trinajstić information content (AvgIpc) is 3.24. The van der Waals surface area contributed by atoms with Gasteiger partial charge in [-0.25, -0.2) is 9.89 Å². The first kappa shape index (κ1) is 15.5. The summed E-state index contributed by atoms with van der Waals surface area (Å²) < 4.78 is 5.11. The molecule has 0 saturated carbocycles. The van der Waals surface area contributed by atoms with Gasteiger partial charge in [0.05, 0.1) is 12.8 Å². The Kier molecular flexibility index (Phi) is 4.41. The predicted molar refractivity (Wildman–Crippen MR) is 85.8 cm³/mol. The molecule has 3 rings (SSSR count). The lowest BCUT2D eigenvalue weighted by Crippen LogP contribution is -2.26. The van der Waals surface area contributed by atoms with E-state index in [2.05, 4.69) is 30.7 Å². The summed E-state index contributed by atoms with van der Waals surface area (Å²) in [6.07, 6.45) is 0.421. The van der Waals surface area contributed by atoms with E-state index in [-0.39, 0.29) is 11.6 Å². The molecule has 9 nitrogen and oxygen atoms in total. The van der Waals surface area contributed by atoms with Gasteiger partial charge in [0.2, 0.25) is 0 Å². The van der Waals surface area contributed by atoms with Crippen LogP contribution in [-0.2, 0) is 6.42 Å². The van der Waals surface area contributed by atoms with Crippen molar-refractivity contribution in [3.63, 3.8) is 0 Å². The number of carbonyl (C=O) groups is 1. The Bertz CT molecular complexity index is 877. The Balaban J connectivity index is 1.59. The van der Waals surface area contributed by atoms with Crippen LogP contribution in [0.4, 0.5) is 0 Å². The Labute approximate surface area is 136 Å². The molecule has 0 saturated heterocycles. The van der Waals surface area contributed by atoms with Gasteiger partial charge in [0.25, 0.3) is 5.91 Å². The molecule has 0 aliphatic carbocycles. The molecule has 9 heteroatoms. The molecule has 1 amide bonds. The molecule has 24 heavy (non-hydrogen) atoms. The van der Waals surface area contributed by atoms with Crippen molar-refractivity contribution in [2.75, 3.05) is 13.7 Å². The largest absolute Gasteiger partial charge is 0.497 e. The molecule has 0 unspecified atom stereocenters. The summed E-state index contributed by atoms with van der Waals surface area (Å²) >= 11 is 0. The van der Waals surface area contributed by atoms with Crippen LogP contribution in [0.25, 0.3) is 11.3 Å². The standard InChI is InChI=1S/C15H16N6O3/c1-24-10-4-2-9(3-5-10)11-8-12(19-18-11)14(22)16-7-6-13-17-15(23)21-20-13/h2-5,8H,6-7H2,1H3,(H,16,22)(H,18,19)(H2,17,20,21,23). The van der Waals surface area contributed by atoms with E-state index in [1.807, 2.05) is 24.3 Å². The molecule has 0 spiro atoms. The smallest absolute Gasteiger partial charge is 0.340 e. The molecule has 0 bridgehead atoms. The minimum absolute atomic E-state index is 0.278. The highest BCUT2D eigenvalue weighted by atomic mass is 16.5. The monoisotopic (exact) mass is 328 g/mol. The highest BCUT2D eigenvalue weighted by Crippen LogP contribution is 2.21. The zero-order valence-electron chi connectivity index (χ0n) is 12.9. The number of amides is 1. The molecule has 124 valence electrons. The van der Waals surface area contributed by atoms with E-state index >= 15 is 0 Å². The van der Waals surface area contributed by atoms with Gasteiger partial charge in [-0.1, -0.05) is 0 Å². The van der Waals surface area contributed by atoms with Gasteiger partial charge < -0.3 is 10.1 Å². The molecule has 1 aromatic carbocycles. The number of rotatable bonds is 6. The van der Waals surface area contributed by atoms with Crippen LogP contribution in [0, 0.1) is 0 Å². The van der Waals surface area contributed by atoms with Crippen LogP contribution in [-0.4, -0.2) is 44.9 Å². The summed E-state index contributed by atoms with van der Waals surface area (Å²) in [6, 6.07) is 9.06. The molecule has 2 aromatic heterocycles. The van der Waals surface area contributed by atoms with Crippen molar-refractivity contribution in [3.8, 4) is 17.0 Å². The summed E-state index contributed by atoms with van der Waals surface area (Å²) in [6.45, 7) is 0.344. The van der Waals surface area contributed by atoms with Gasteiger partial charge in [-0.15, -0.1) is 0 Å². The second-order valence-corrected chi connectivity index (χ2v) is 5.03. The number of ether oxygens (including phenoxy) is 1. The van der Waals surface area contributed by atoms with E-state index < -0.39 is 0 Å². The molecule has 0 aliphatic heterocycles. The molecule has 0 aliphatic rings. The van der Waals surface area contributed by atoms with Crippen LogP contribution in [0.3, 0.4) is 0 Å². The van der Waals surface area contributed by atoms with Crippen molar-refractivity contribution in [2.45, 2.75) is 6.42 Å². The van der Waals surface area contributed by atoms with Crippen LogP contribution in [0.1, 0.15) is 16.3 Å². The molecular formula is C15H16N6O3. The lowest BCUT2D eigenvalue weighted by Gasteiger charge is -2.01. The maximum absolute atomic E-state index is 12.1. The van der Waals surface area contributed by atoms with E-state index in [1.54, 1.807) is 13.2 Å². The second kappa shape index (κ2) is 6.82. The fraction of sp³-hybridized carbons (Fsp3) is 0.200. The van der Waals surface area contributed by atoms with Crippen molar-refractivity contribution >= 4 is 5.91 Å². The van der Waals surface area contributed by atoms with E-state index in [0.29, 0.717) is 30.2 Å². The van der Waals surface area contributed by atoms with Gasteiger partial charge in [-0.3, -0.25) is 14.9 Å². The van der Waals surface area contributed by atoms with Gasteiger partial charge in [-0.2, -0.15) is 10.2 Å². The SMILES string of the molecule is COc1ccc(-c2cc(C(=O)NCCc3n[nH]c(=O)[nH]3)[nH]n2)cc1. The average molecular weight is 328 g/mol. The number of benzene rings is 1. The zero-order valence-corrected chi connectivity index (χ0v) is 12.9. The number of hydrogen-bond acceptors (Lipinski definition) is 5. The number of aromatic nitrogens is 5. The number of nitrogens with one attached hydrogen (secondary N) is 4. The Hall–Kier alpha value is -3.36. The number of hydrogen-bond donors (Lipinski definition) is 4. The first-order chi connectivity index (χ1) is 11.7. The van der Waals surface area contributed by atoms with Crippen LogP contribution in [0.15, 0.2) is 35.1 Å². The fourth-order valence-corrected chi connectivity index (χ4v) is 2.16. The van der Waals surface area contributed by atoms with Crippen molar-refractivity contribution in [1.82, 2.24) is 30.7 Å². The normalized spacial score (nSPS) is 10.5. The number of nitrogens with zero attached hydrogens (tertiary/aromatic N) is 2. The van der Waals surface area contributed by atoms with Crippen molar-refractivity contribution in [3.05, 3.63) is 52.3 Å². The third kappa shape index (κ3) is 3.51. The maximum Gasteiger partial charge on any atom is 0.340 e. The fourth-order valence-electron chi connectivity index (χ4n) is 2.16. The van der Waals surface area contributed by atoms with E-state index in [9.17, 15) is 9.59 Å². The minimum atomic E-state index is -0.367. The summed E-state index contributed by atoms with van der Waals surface area (Å²) in [4.78, 5) is 25.5. The van der Waals surface area contributed by atoms with Gasteiger partial charge in [-0.05, 0) is 30.3 Å². The van der Waals surface area contributed by atoms with E-state index in [0.717, 1.165) is 11.3 Å². The summed E-state index contributed by atoms with van der Waals surface area (Å²) in [5.41, 5.74) is 1.53. The summed E-state index contributed by atoms with van der Waals surface area (Å²) in [5, 5.41) is 15.6. The number of carbonyl (C=O) groups excluding carboxylic acids is 1. The number of H-pyrrole nitrogens is 3. The highest BCUT2D eigenvalue weighted by Gasteiger charge is 2.11. The minimum Gasteiger partial charge on any atom is -0.497 e. The molecule has 0 fully saturated rings. The third-order valence-electron chi connectivity index (χ3n) is 3.41. The van der Waals surface area contributed by atoms with E-state index in [4.69, 9.17) is 4.74 Å². The summed E-state index contributed by atoms with van der Waals surface area (Å²) in [5.74, 6) is 0.965. The van der Waals surface area contributed by atoms with Gasteiger partial charge >= 0.3 is 5.69 Å². The first-order valence-corrected chi connectivity index (χ1v) is 7.27. The first-order valence-electron chi connectivity index (χ1n) is 7.27. The molecular weight excluding hydrogens is 312 g/mol. The van der Waals surface area contributed by atoms with E-state index in [1.165, 1.54) is 0 Å². The van der Waals surface area contributed by atoms with Gasteiger partial charge in [0.15, 0.2) is 0 Å².